The Morgan fingerprint density at radius 2 is 1.71 bits per heavy atom. The normalized spacial score (nSPS) is 11.8. The van der Waals surface area contributed by atoms with Crippen molar-refractivity contribution in [1.29, 1.82) is 5.26 Å². The topological polar surface area (TPSA) is 40.9 Å². The molecule has 0 fully saturated rings. The molecule has 1 atom stereocenters. The summed E-state index contributed by atoms with van der Waals surface area (Å²) < 4.78 is 40.6. The molecule has 2 aromatic carbocycles. The number of hydrogen-bond acceptors (Lipinski definition) is 2. The van der Waals surface area contributed by atoms with E-state index in [-0.39, 0.29) is 11.1 Å². The van der Waals surface area contributed by atoms with E-state index in [1.807, 2.05) is 0 Å². The van der Waals surface area contributed by atoms with Crippen LogP contribution < -0.4 is 0 Å². The van der Waals surface area contributed by atoms with Crippen molar-refractivity contribution in [3.8, 4) is 6.07 Å². The van der Waals surface area contributed by atoms with Gasteiger partial charge in [0.05, 0.1) is 11.6 Å². The zero-order valence-corrected chi connectivity index (χ0v) is 11.0. The lowest BCUT2D eigenvalue weighted by molar-refractivity contribution is 0.0970. The first kappa shape index (κ1) is 14.8. The number of aryl methyl sites for hydroxylation is 1. The highest BCUT2D eigenvalue weighted by atomic mass is 19.1. The van der Waals surface area contributed by atoms with Crippen LogP contribution in [0.4, 0.5) is 13.2 Å². The molecule has 0 spiro atoms. The zero-order valence-electron chi connectivity index (χ0n) is 11.0. The Kier molecular flexibility index (Phi) is 4.08. The van der Waals surface area contributed by atoms with Crippen LogP contribution in [0.5, 0.6) is 0 Å². The van der Waals surface area contributed by atoms with Gasteiger partial charge < -0.3 is 0 Å². The van der Waals surface area contributed by atoms with Crippen molar-refractivity contribution >= 4 is 5.78 Å². The average Bonchev–Trinajstić information content (AvgIpc) is 2.46. The smallest absolute Gasteiger partial charge is 0.190 e. The molecule has 0 radical (unpaired) electrons. The minimum absolute atomic E-state index is 0.107. The van der Waals surface area contributed by atoms with Gasteiger partial charge in [-0.1, -0.05) is 18.2 Å². The van der Waals surface area contributed by atoms with Gasteiger partial charge in [-0.25, -0.2) is 13.2 Å². The lowest BCUT2D eigenvalue weighted by atomic mass is 9.90. The Bertz CT molecular complexity index is 732. The summed E-state index contributed by atoms with van der Waals surface area (Å²) >= 11 is 0. The van der Waals surface area contributed by atoms with Crippen molar-refractivity contribution in [3.05, 3.63) is 70.5 Å². The van der Waals surface area contributed by atoms with Gasteiger partial charge in [0.25, 0.3) is 0 Å². The third kappa shape index (κ3) is 2.79. The molecule has 0 bridgehead atoms. The van der Waals surface area contributed by atoms with Crippen molar-refractivity contribution in [1.82, 2.24) is 0 Å². The lowest BCUT2D eigenvalue weighted by Gasteiger charge is -2.11. The van der Waals surface area contributed by atoms with E-state index in [0.29, 0.717) is 0 Å². The number of ketones is 1. The van der Waals surface area contributed by atoms with Gasteiger partial charge in [-0.05, 0) is 36.2 Å². The Labute approximate surface area is 119 Å². The fourth-order valence-electron chi connectivity index (χ4n) is 1.97. The molecule has 106 valence electrons. The van der Waals surface area contributed by atoms with Crippen LogP contribution in [0.25, 0.3) is 0 Å². The fourth-order valence-corrected chi connectivity index (χ4v) is 1.97. The van der Waals surface area contributed by atoms with Crippen molar-refractivity contribution in [2.45, 2.75) is 12.8 Å². The molecule has 0 saturated heterocycles. The van der Waals surface area contributed by atoms with E-state index in [9.17, 15) is 18.0 Å². The molecular formula is C16H10F3NO. The molecule has 0 heterocycles. The van der Waals surface area contributed by atoms with E-state index in [2.05, 4.69) is 0 Å². The Balaban J connectivity index is 2.50. The molecule has 0 aromatic heterocycles. The highest BCUT2D eigenvalue weighted by Gasteiger charge is 2.28. The van der Waals surface area contributed by atoms with Crippen LogP contribution in [0.3, 0.4) is 0 Å². The summed E-state index contributed by atoms with van der Waals surface area (Å²) in [5.74, 6) is -4.91. The van der Waals surface area contributed by atoms with Crippen LogP contribution in [-0.4, -0.2) is 5.78 Å². The van der Waals surface area contributed by atoms with Gasteiger partial charge in [0.2, 0.25) is 0 Å². The highest BCUT2D eigenvalue weighted by Crippen LogP contribution is 2.25. The fraction of sp³-hybridized carbons (Fsp3) is 0.125. The number of halogens is 3. The third-order valence-electron chi connectivity index (χ3n) is 3.13. The maximum Gasteiger partial charge on any atom is 0.190 e. The molecule has 2 rings (SSSR count). The van der Waals surface area contributed by atoms with Crippen LogP contribution in [0.15, 0.2) is 36.4 Å². The Morgan fingerprint density at radius 3 is 2.29 bits per heavy atom. The minimum Gasteiger partial charge on any atom is -0.292 e. The zero-order chi connectivity index (χ0) is 15.6. The Morgan fingerprint density at radius 1 is 1.10 bits per heavy atom. The van der Waals surface area contributed by atoms with Crippen LogP contribution >= 0.6 is 0 Å². The summed E-state index contributed by atoms with van der Waals surface area (Å²) in [5, 5.41) is 9.12. The first-order valence-electron chi connectivity index (χ1n) is 6.09. The van der Waals surface area contributed by atoms with E-state index >= 15 is 0 Å². The van der Waals surface area contributed by atoms with Crippen LogP contribution in [0, 0.1) is 35.7 Å². The van der Waals surface area contributed by atoms with Crippen LogP contribution in [0.1, 0.15) is 27.4 Å². The molecular weight excluding hydrogens is 279 g/mol. The molecule has 2 aromatic rings. The lowest BCUT2D eigenvalue weighted by Crippen LogP contribution is -2.15. The number of carbonyl (C=O) groups excluding carboxylic acids is 1. The molecule has 5 heteroatoms. The van der Waals surface area contributed by atoms with Gasteiger partial charge >= 0.3 is 0 Å². The van der Waals surface area contributed by atoms with Gasteiger partial charge in [-0.2, -0.15) is 5.26 Å². The van der Waals surface area contributed by atoms with Crippen molar-refractivity contribution in [3.63, 3.8) is 0 Å². The Hall–Kier alpha value is -2.61. The molecule has 21 heavy (non-hydrogen) atoms. The number of nitriles is 1. The molecule has 0 aliphatic heterocycles. The van der Waals surface area contributed by atoms with Crippen molar-refractivity contribution < 1.29 is 18.0 Å². The molecule has 0 aliphatic rings. The summed E-state index contributed by atoms with van der Waals surface area (Å²) in [7, 11) is 0. The standard InChI is InChI=1S/C16H10F3NO/c1-9-2-7-13(18)14(15(9)19)16(21)12(8-20)10-3-5-11(17)6-4-10/h2-7,12H,1H3. The number of carbonyl (C=O) groups is 1. The largest absolute Gasteiger partial charge is 0.292 e. The number of Topliss-reactive ketones (excluding diaryl/α,β-unsaturated/α-hetero) is 1. The van der Waals surface area contributed by atoms with Gasteiger partial charge in [0.1, 0.15) is 23.4 Å². The van der Waals surface area contributed by atoms with Crippen molar-refractivity contribution in [2.75, 3.05) is 0 Å². The molecule has 0 N–H and O–H groups in total. The van der Waals surface area contributed by atoms with Gasteiger partial charge in [-0.3, -0.25) is 4.79 Å². The van der Waals surface area contributed by atoms with E-state index in [1.165, 1.54) is 25.1 Å². The second kappa shape index (κ2) is 5.80. The molecule has 1 unspecified atom stereocenters. The molecule has 0 amide bonds. The summed E-state index contributed by atoms with van der Waals surface area (Å²) in [5.41, 5.74) is -0.453. The second-order valence-corrected chi connectivity index (χ2v) is 4.53. The number of nitrogens with zero attached hydrogens (tertiary/aromatic N) is 1. The average molecular weight is 289 g/mol. The van der Waals surface area contributed by atoms with Gasteiger partial charge in [-0.15, -0.1) is 0 Å². The van der Waals surface area contributed by atoms with E-state index in [1.54, 1.807) is 6.07 Å². The first-order chi connectivity index (χ1) is 9.95. The monoisotopic (exact) mass is 289 g/mol. The van der Waals surface area contributed by atoms with E-state index in [0.717, 1.165) is 18.2 Å². The van der Waals surface area contributed by atoms with Gasteiger partial charge in [0.15, 0.2) is 5.78 Å². The highest BCUT2D eigenvalue weighted by molar-refractivity contribution is 6.03. The number of benzene rings is 2. The first-order valence-corrected chi connectivity index (χ1v) is 6.09. The maximum atomic E-state index is 14.0. The van der Waals surface area contributed by atoms with Gasteiger partial charge in [0, 0.05) is 0 Å². The maximum absolute atomic E-state index is 14.0. The minimum atomic E-state index is -1.39. The predicted octanol–water partition coefficient (Wildman–Crippen LogP) is 3.90. The summed E-state index contributed by atoms with van der Waals surface area (Å²) in [4.78, 5) is 12.3. The second-order valence-electron chi connectivity index (χ2n) is 4.53. The van der Waals surface area contributed by atoms with Crippen molar-refractivity contribution in [2.24, 2.45) is 0 Å². The molecule has 0 aliphatic carbocycles. The molecule has 0 saturated carbocycles. The summed E-state index contributed by atoms with van der Waals surface area (Å²) in [6.45, 7) is 1.39. The third-order valence-corrected chi connectivity index (χ3v) is 3.13. The summed E-state index contributed by atoms with van der Waals surface area (Å²) in [6.07, 6.45) is 0. The number of rotatable bonds is 3. The molecule has 2 nitrogen and oxygen atoms in total. The van der Waals surface area contributed by atoms with E-state index in [4.69, 9.17) is 5.26 Å². The van der Waals surface area contributed by atoms with Crippen LogP contribution in [-0.2, 0) is 0 Å². The summed E-state index contributed by atoms with van der Waals surface area (Å²) in [6, 6.07) is 8.53. The SMILES string of the molecule is Cc1ccc(F)c(C(=O)C(C#N)c2ccc(F)cc2)c1F. The predicted molar refractivity (Wildman–Crippen MR) is 70.2 cm³/mol. The number of hydrogen-bond donors (Lipinski definition) is 0. The van der Waals surface area contributed by atoms with Crippen LogP contribution in [0.2, 0.25) is 0 Å². The van der Waals surface area contributed by atoms with E-state index < -0.39 is 34.7 Å². The quantitative estimate of drug-likeness (QED) is 0.804.